The van der Waals surface area contributed by atoms with Gasteiger partial charge < -0.3 is 10.2 Å². The van der Waals surface area contributed by atoms with Crippen LogP contribution in [0.3, 0.4) is 0 Å². The minimum atomic E-state index is 0.776. The smallest absolute Gasteiger partial charge is 0.0412 e. The number of rotatable bonds is 4. The highest BCUT2D eigenvalue weighted by atomic mass is 79.9. The third kappa shape index (κ3) is 3.07. The lowest BCUT2D eigenvalue weighted by Crippen LogP contribution is -2.31. The van der Waals surface area contributed by atoms with E-state index in [1.807, 2.05) is 0 Å². The molecule has 0 atom stereocenters. The molecule has 18 heavy (non-hydrogen) atoms. The molecule has 1 N–H and O–H groups in total. The molecule has 0 aromatic heterocycles. The number of anilines is 1. The fraction of sp³-hybridized carbons (Fsp3) is 0.600. The van der Waals surface area contributed by atoms with Crippen LogP contribution in [0.15, 0.2) is 22.7 Å². The summed E-state index contributed by atoms with van der Waals surface area (Å²) in [7, 11) is 0. The summed E-state index contributed by atoms with van der Waals surface area (Å²) < 4.78 is 1.19. The molecular weight excluding hydrogens is 288 g/mol. The standard InChI is InChI=1S/C15H21BrN2/c16-13-4-7-15(18-8-2-1-3-9-18)12(10-13)11-17-14-5-6-14/h4,7,10,14,17H,1-3,5-6,8-9,11H2. The van der Waals surface area contributed by atoms with Gasteiger partial charge in [-0.05, 0) is 55.9 Å². The first kappa shape index (κ1) is 12.5. The Morgan fingerprint density at radius 1 is 1.17 bits per heavy atom. The fourth-order valence-corrected chi connectivity index (χ4v) is 3.09. The summed E-state index contributed by atoms with van der Waals surface area (Å²) >= 11 is 3.60. The Balaban J connectivity index is 1.76. The Bertz CT molecular complexity index is 409. The molecule has 2 aliphatic rings. The molecule has 1 heterocycles. The van der Waals surface area contributed by atoms with Gasteiger partial charge in [-0.3, -0.25) is 0 Å². The van der Waals surface area contributed by atoms with E-state index in [0.717, 1.165) is 12.6 Å². The maximum absolute atomic E-state index is 3.63. The molecule has 0 unspecified atom stereocenters. The number of nitrogens with zero attached hydrogens (tertiary/aromatic N) is 1. The first-order valence-electron chi connectivity index (χ1n) is 7.10. The van der Waals surface area contributed by atoms with E-state index in [4.69, 9.17) is 0 Å². The molecule has 1 saturated heterocycles. The minimum Gasteiger partial charge on any atom is -0.371 e. The number of hydrogen-bond acceptors (Lipinski definition) is 2. The molecule has 1 aliphatic heterocycles. The summed E-state index contributed by atoms with van der Waals surface area (Å²) in [6, 6.07) is 7.50. The van der Waals surface area contributed by atoms with Crippen LogP contribution in [0, 0.1) is 0 Å². The van der Waals surface area contributed by atoms with Crippen molar-refractivity contribution < 1.29 is 0 Å². The third-order valence-corrected chi connectivity index (χ3v) is 4.39. The maximum Gasteiger partial charge on any atom is 0.0412 e. The van der Waals surface area contributed by atoms with Crippen LogP contribution in [-0.4, -0.2) is 19.1 Å². The summed E-state index contributed by atoms with van der Waals surface area (Å²) in [6.07, 6.45) is 6.78. The molecule has 2 fully saturated rings. The van der Waals surface area contributed by atoms with Crippen molar-refractivity contribution in [1.29, 1.82) is 0 Å². The molecule has 98 valence electrons. The second kappa shape index (κ2) is 5.62. The molecule has 3 rings (SSSR count). The maximum atomic E-state index is 3.63. The molecule has 1 aromatic carbocycles. The highest BCUT2D eigenvalue weighted by Crippen LogP contribution is 2.28. The van der Waals surface area contributed by atoms with E-state index in [2.05, 4.69) is 44.3 Å². The van der Waals surface area contributed by atoms with Gasteiger partial charge in [0, 0.05) is 35.8 Å². The van der Waals surface area contributed by atoms with E-state index in [9.17, 15) is 0 Å². The molecule has 1 aliphatic carbocycles. The highest BCUT2D eigenvalue weighted by Gasteiger charge is 2.21. The zero-order valence-corrected chi connectivity index (χ0v) is 12.4. The number of halogens is 1. The summed E-state index contributed by atoms with van der Waals surface area (Å²) in [6.45, 7) is 3.45. The first-order chi connectivity index (χ1) is 8.83. The van der Waals surface area contributed by atoms with Gasteiger partial charge in [0.15, 0.2) is 0 Å². The van der Waals surface area contributed by atoms with Gasteiger partial charge in [-0.25, -0.2) is 0 Å². The van der Waals surface area contributed by atoms with Crippen LogP contribution in [0.25, 0.3) is 0 Å². The monoisotopic (exact) mass is 308 g/mol. The van der Waals surface area contributed by atoms with Gasteiger partial charge in [0.2, 0.25) is 0 Å². The Hall–Kier alpha value is -0.540. The van der Waals surface area contributed by atoms with Crippen LogP contribution >= 0.6 is 15.9 Å². The molecule has 3 heteroatoms. The second-order valence-corrected chi connectivity index (χ2v) is 6.39. The normalized spacial score (nSPS) is 20.2. The largest absolute Gasteiger partial charge is 0.371 e. The number of nitrogens with one attached hydrogen (secondary N) is 1. The first-order valence-corrected chi connectivity index (χ1v) is 7.89. The molecule has 1 aromatic rings. The lowest BCUT2D eigenvalue weighted by atomic mass is 10.1. The SMILES string of the molecule is Brc1ccc(N2CCCCC2)c(CNC2CC2)c1. The van der Waals surface area contributed by atoms with Crippen LogP contribution < -0.4 is 10.2 Å². The third-order valence-electron chi connectivity index (χ3n) is 3.90. The molecule has 0 bridgehead atoms. The summed E-state index contributed by atoms with van der Waals surface area (Å²) in [5.41, 5.74) is 2.88. The predicted molar refractivity (Wildman–Crippen MR) is 80.1 cm³/mol. The molecule has 1 saturated carbocycles. The predicted octanol–water partition coefficient (Wildman–Crippen LogP) is 3.69. The average Bonchev–Trinajstić information content (AvgIpc) is 3.21. The Morgan fingerprint density at radius 3 is 2.67 bits per heavy atom. The van der Waals surface area contributed by atoms with Gasteiger partial charge in [0.05, 0.1) is 0 Å². The van der Waals surface area contributed by atoms with Gasteiger partial charge in [0.25, 0.3) is 0 Å². The highest BCUT2D eigenvalue weighted by molar-refractivity contribution is 9.10. The zero-order valence-electron chi connectivity index (χ0n) is 10.8. The van der Waals surface area contributed by atoms with E-state index in [0.29, 0.717) is 0 Å². The zero-order chi connectivity index (χ0) is 12.4. The van der Waals surface area contributed by atoms with Crippen LogP contribution in [0.5, 0.6) is 0 Å². The second-order valence-electron chi connectivity index (χ2n) is 5.48. The summed E-state index contributed by atoms with van der Waals surface area (Å²) in [5.74, 6) is 0. The molecule has 2 nitrogen and oxygen atoms in total. The lowest BCUT2D eigenvalue weighted by molar-refractivity contribution is 0.574. The van der Waals surface area contributed by atoms with Gasteiger partial charge in [-0.1, -0.05) is 15.9 Å². The Labute approximate surface area is 118 Å². The van der Waals surface area contributed by atoms with Crippen LogP contribution in [0.2, 0.25) is 0 Å². The van der Waals surface area contributed by atoms with Crippen molar-refractivity contribution in [3.05, 3.63) is 28.2 Å². The van der Waals surface area contributed by atoms with Gasteiger partial charge in [-0.15, -0.1) is 0 Å². The Kier molecular flexibility index (Phi) is 3.90. The van der Waals surface area contributed by atoms with E-state index in [-0.39, 0.29) is 0 Å². The van der Waals surface area contributed by atoms with Gasteiger partial charge in [0.1, 0.15) is 0 Å². The van der Waals surface area contributed by atoms with Crippen molar-refractivity contribution in [3.63, 3.8) is 0 Å². The number of benzene rings is 1. The Morgan fingerprint density at radius 2 is 1.94 bits per heavy atom. The molecule has 0 spiro atoms. The number of piperidine rings is 1. The molecule has 0 amide bonds. The van der Waals surface area contributed by atoms with Gasteiger partial charge in [-0.2, -0.15) is 0 Å². The molecular formula is C15H21BrN2. The number of hydrogen-bond donors (Lipinski definition) is 1. The van der Waals surface area contributed by atoms with Gasteiger partial charge >= 0.3 is 0 Å². The fourth-order valence-electron chi connectivity index (χ4n) is 2.68. The summed E-state index contributed by atoms with van der Waals surface area (Å²) in [4.78, 5) is 2.56. The van der Waals surface area contributed by atoms with E-state index in [1.165, 1.54) is 60.9 Å². The van der Waals surface area contributed by atoms with E-state index >= 15 is 0 Å². The van der Waals surface area contributed by atoms with Crippen molar-refractivity contribution in [2.24, 2.45) is 0 Å². The van der Waals surface area contributed by atoms with Crippen molar-refractivity contribution in [3.8, 4) is 0 Å². The van der Waals surface area contributed by atoms with Crippen molar-refractivity contribution in [2.45, 2.75) is 44.7 Å². The van der Waals surface area contributed by atoms with Crippen LogP contribution in [-0.2, 0) is 6.54 Å². The minimum absolute atomic E-state index is 0.776. The molecule has 0 radical (unpaired) electrons. The van der Waals surface area contributed by atoms with Crippen molar-refractivity contribution >= 4 is 21.6 Å². The van der Waals surface area contributed by atoms with Crippen LogP contribution in [0.4, 0.5) is 5.69 Å². The van der Waals surface area contributed by atoms with Crippen LogP contribution in [0.1, 0.15) is 37.7 Å². The van der Waals surface area contributed by atoms with E-state index < -0.39 is 0 Å². The quantitative estimate of drug-likeness (QED) is 0.912. The topological polar surface area (TPSA) is 15.3 Å². The van der Waals surface area contributed by atoms with Crippen molar-refractivity contribution in [1.82, 2.24) is 5.32 Å². The van der Waals surface area contributed by atoms with E-state index in [1.54, 1.807) is 0 Å². The van der Waals surface area contributed by atoms with Crippen molar-refractivity contribution in [2.75, 3.05) is 18.0 Å². The summed E-state index contributed by atoms with van der Waals surface area (Å²) in [5, 5.41) is 3.63. The lowest BCUT2D eigenvalue weighted by Gasteiger charge is -2.31. The average molecular weight is 309 g/mol.